The normalized spacial score (nSPS) is 15.4. The second-order valence-electron chi connectivity index (χ2n) is 7.22. The summed E-state index contributed by atoms with van der Waals surface area (Å²) in [7, 11) is 0. The zero-order valence-electron chi connectivity index (χ0n) is 17.9. The molecular weight excluding hydrogens is 446 g/mol. The van der Waals surface area contributed by atoms with Crippen LogP contribution < -0.4 is 27.4 Å². The summed E-state index contributed by atoms with van der Waals surface area (Å²) >= 11 is 3.93. The van der Waals surface area contributed by atoms with Gasteiger partial charge in [-0.15, -0.1) is 0 Å². The van der Waals surface area contributed by atoms with Gasteiger partial charge in [0.1, 0.15) is 18.1 Å². The minimum absolute atomic E-state index is 0.0281. The summed E-state index contributed by atoms with van der Waals surface area (Å²) in [5.41, 5.74) is 10.7. The third kappa shape index (κ3) is 10.4. The van der Waals surface area contributed by atoms with Crippen molar-refractivity contribution in [1.82, 2.24) is 16.0 Å². The van der Waals surface area contributed by atoms with Crippen molar-refractivity contribution in [3.8, 4) is 0 Å². The molecule has 13 nitrogen and oxygen atoms in total. The molecule has 0 radical (unpaired) electrons. The molecule has 0 bridgehead atoms. The van der Waals surface area contributed by atoms with Gasteiger partial charge in [-0.25, -0.2) is 4.79 Å². The van der Waals surface area contributed by atoms with Gasteiger partial charge in [0.2, 0.25) is 23.6 Å². The first-order chi connectivity index (χ1) is 14.8. The number of rotatable bonds is 15. The van der Waals surface area contributed by atoms with E-state index in [-0.39, 0.29) is 11.7 Å². The maximum atomic E-state index is 12.8. The Balaban J connectivity index is 5.54. The van der Waals surface area contributed by atoms with Gasteiger partial charge >= 0.3 is 11.9 Å². The largest absolute Gasteiger partial charge is 0.481 e. The maximum absolute atomic E-state index is 12.8. The SMILES string of the molecule is CCC(C)C(NC(=O)C(N)CS)C(=O)NC(CC(N)=O)C(=O)NC(CCC(=O)O)C(=O)O. The fourth-order valence-corrected chi connectivity index (χ4v) is 2.68. The van der Waals surface area contributed by atoms with Gasteiger partial charge < -0.3 is 37.6 Å². The second-order valence-corrected chi connectivity index (χ2v) is 7.59. The first kappa shape index (κ1) is 29.1. The highest BCUT2D eigenvalue weighted by Gasteiger charge is 2.33. The number of thiol groups is 1. The Labute approximate surface area is 190 Å². The molecule has 4 amide bonds. The zero-order valence-corrected chi connectivity index (χ0v) is 18.8. The van der Waals surface area contributed by atoms with E-state index in [0.29, 0.717) is 6.42 Å². The van der Waals surface area contributed by atoms with E-state index in [9.17, 15) is 33.9 Å². The van der Waals surface area contributed by atoms with Crippen molar-refractivity contribution in [2.45, 2.75) is 63.7 Å². The monoisotopic (exact) mass is 477 g/mol. The minimum atomic E-state index is -1.57. The summed E-state index contributed by atoms with van der Waals surface area (Å²) in [5, 5.41) is 24.8. The number of amides is 4. The van der Waals surface area contributed by atoms with Gasteiger partial charge in [0.25, 0.3) is 0 Å². The summed E-state index contributed by atoms with van der Waals surface area (Å²) in [6, 6.07) is -5.20. The van der Waals surface area contributed by atoms with Gasteiger partial charge in [0, 0.05) is 12.2 Å². The molecule has 0 aliphatic carbocycles. The third-order valence-corrected chi connectivity index (χ3v) is 5.02. The first-order valence-electron chi connectivity index (χ1n) is 9.84. The molecule has 0 aromatic carbocycles. The van der Waals surface area contributed by atoms with Crippen LogP contribution in [-0.2, 0) is 28.8 Å². The number of hydrogen-bond donors (Lipinski definition) is 8. The number of carbonyl (C=O) groups is 6. The van der Waals surface area contributed by atoms with E-state index in [4.69, 9.17) is 16.6 Å². The molecule has 0 spiro atoms. The van der Waals surface area contributed by atoms with Crippen molar-refractivity contribution in [3.05, 3.63) is 0 Å². The van der Waals surface area contributed by atoms with Gasteiger partial charge in [0.15, 0.2) is 0 Å². The summed E-state index contributed by atoms with van der Waals surface area (Å²) in [6.07, 6.45) is -1.13. The van der Waals surface area contributed by atoms with Crippen LogP contribution in [0.25, 0.3) is 0 Å². The van der Waals surface area contributed by atoms with E-state index in [1.54, 1.807) is 13.8 Å². The molecule has 0 heterocycles. The third-order valence-electron chi connectivity index (χ3n) is 4.63. The predicted molar refractivity (Wildman–Crippen MR) is 115 cm³/mol. The van der Waals surface area contributed by atoms with Crippen LogP contribution in [-0.4, -0.2) is 75.7 Å². The van der Waals surface area contributed by atoms with Crippen molar-refractivity contribution >= 4 is 48.2 Å². The molecule has 0 aliphatic rings. The van der Waals surface area contributed by atoms with Crippen LogP contribution in [0.2, 0.25) is 0 Å². The van der Waals surface area contributed by atoms with Crippen LogP contribution in [0.3, 0.4) is 0 Å². The summed E-state index contributed by atoms with van der Waals surface area (Å²) in [5.74, 6) is -6.56. The van der Waals surface area contributed by atoms with Gasteiger partial charge in [-0.1, -0.05) is 20.3 Å². The van der Waals surface area contributed by atoms with Crippen molar-refractivity contribution in [3.63, 3.8) is 0 Å². The quantitative estimate of drug-likeness (QED) is 0.117. The Morgan fingerprint density at radius 3 is 1.94 bits per heavy atom. The molecule has 5 unspecified atom stereocenters. The van der Waals surface area contributed by atoms with Crippen molar-refractivity contribution in [2.75, 3.05) is 5.75 Å². The number of aliphatic carboxylic acids is 2. The number of nitrogens with two attached hydrogens (primary N) is 2. The Morgan fingerprint density at radius 1 is 0.938 bits per heavy atom. The van der Waals surface area contributed by atoms with E-state index in [2.05, 4.69) is 28.6 Å². The molecule has 9 N–H and O–H groups in total. The Morgan fingerprint density at radius 2 is 1.50 bits per heavy atom. The number of carboxylic acids is 2. The van der Waals surface area contributed by atoms with Gasteiger partial charge in [-0.05, 0) is 12.3 Å². The van der Waals surface area contributed by atoms with E-state index >= 15 is 0 Å². The molecule has 0 saturated heterocycles. The maximum Gasteiger partial charge on any atom is 0.326 e. The molecule has 0 rings (SSSR count). The number of hydrogen-bond acceptors (Lipinski definition) is 8. The average molecular weight is 478 g/mol. The molecule has 182 valence electrons. The van der Waals surface area contributed by atoms with E-state index in [1.807, 2.05) is 0 Å². The fraction of sp³-hybridized carbons (Fsp3) is 0.667. The molecule has 0 aromatic rings. The molecule has 0 aromatic heterocycles. The number of carbonyl (C=O) groups excluding carboxylic acids is 4. The highest BCUT2D eigenvalue weighted by atomic mass is 32.1. The Bertz CT molecular complexity index is 719. The molecule has 0 fully saturated rings. The topological polar surface area (TPSA) is 231 Å². The number of primary amides is 1. The van der Waals surface area contributed by atoms with Gasteiger partial charge in [-0.3, -0.25) is 24.0 Å². The van der Waals surface area contributed by atoms with E-state index in [0.717, 1.165) is 0 Å². The summed E-state index contributed by atoms with van der Waals surface area (Å²) < 4.78 is 0. The lowest BCUT2D eigenvalue weighted by atomic mass is 9.97. The van der Waals surface area contributed by atoms with Crippen LogP contribution in [0.5, 0.6) is 0 Å². The highest BCUT2D eigenvalue weighted by Crippen LogP contribution is 2.10. The molecular formula is C18H31N5O8S. The summed E-state index contributed by atoms with van der Waals surface area (Å²) in [6.45, 7) is 3.44. The lowest BCUT2D eigenvalue weighted by molar-refractivity contribution is -0.143. The molecule has 5 atom stereocenters. The molecule has 0 saturated carbocycles. The number of carboxylic acid groups (broad SMARTS) is 2. The van der Waals surface area contributed by atoms with Crippen LogP contribution in [0.15, 0.2) is 0 Å². The van der Waals surface area contributed by atoms with Gasteiger partial charge in [-0.2, -0.15) is 12.6 Å². The summed E-state index contributed by atoms with van der Waals surface area (Å²) in [4.78, 5) is 70.9. The standard InChI is InChI=1S/C18H31N5O8S/c1-3-8(2)14(23-15(27)9(19)7-32)17(29)22-11(6-12(20)24)16(28)21-10(18(30)31)4-5-13(25)26/h8-11,14,32H,3-7,19H2,1-2H3,(H2,20,24)(H,21,28)(H,22,29)(H,23,27)(H,25,26)(H,30,31). The smallest absolute Gasteiger partial charge is 0.326 e. The lowest BCUT2D eigenvalue weighted by Crippen LogP contribution is -2.59. The highest BCUT2D eigenvalue weighted by molar-refractivity contribution is 7.80. The van der Waals surface area contributed by atoms with Crippen molar-refractivity contribution < 1.29 is 39.0 Å². The predicted octanol–water partition coefficient (Wildman–Crippen LogP) is -2.43. The van der Waals surface area contributed by atoms with Crippen LogP contribution >= 0.6 is 12.6 Å². The zero-order chi connectivity index (χ0) is 25.0. The second kappa shape index (κ2) is 14.2. The fourth-order valence-electron chi connectivity index (χ4n) is 2.51. The first-order valence-corrected chi connectivity index (χ1v) is 10.5. The van der Waals surface area contributed by atoms with Crippen LogP contribution in [0, 0.1) is 5.92 Å². The Kier molecular flexibility index (Phi) is 13.0. The average Bonchev–Trinajstić information content (AvgIpc) is 2.71. The van der Waals surface area contributed by atoms with Crippen molar-refractivity contribution in [1.29, 1.82) is 0 Å². The van der Waals surface area contributed by atoms with E-state index < -0.39 is 79.0 Å². The van der Waals surface area contributed by atoms with E-state index in [1.165, 1.54) is 0 Å². The Hall–Kier alpha value is -2.87. The molecule has 14 heteroatoms. The minimum Gasteiger partial charge on any atom is -0.481 e. The van der Waals surface area contributed by atoms with Crippen LogP contribution in [0.4, 0.5) is 0 Å². The lowest BCUT2D eigenvalue weighted by Gasteiger charge is -2.27. The van der Waals surface area contributed by atoms with Crippen LogP contribution in [0.1, 0.15) is 39.5 Å². The molecule has 0 aliphatic heterocycles. The van der Waals surface area contributed by atoms with Crippen molar-refractivity contribution in [2.24, 2.45) is 17.4 Å². The number of nitrogens with one attached hydrogen (secondary N) is 3. The molecule has 32 heavy (non-hydrogen) atoms. The van der Waals surface area contributed by atoms with Gasteiger partial charge in [0.05, 0.1) is 12.5 Å².